The predicted octanol–water partition coefficient (Wildman–Crippen LogP) is 7.49. The smallest absolute Gasteiger partial charge is 0.457 e. The third-order valence-corrected chi connectivity index (χ3v) is 10.8. The van der Waals surface area contributed by atoms with Gasteiger partial charge in [0.05, 0.1) is 15.3 Å². The molecule has 0 radical (unpaired) electrons. The lowest BCUT2D eigenvalue weighted by Gasteiger charge is -2.25. The Labute approximate surface area is 247 Å². The molecule has 0 saturated heterocycles. The first-order valence-electron chi connectivity index (χ1n) is 11.7. The van der Waals surface area contributed by atoms with Gasteiger partial charge in [0.25, 0.3) is 0 Å². The van der Waals surface area contributed by atoms with Crippen molar-refractivity contribution in [1.82, 2.24) is 0 Å². The molecule has 41 heavy (non-hydrogen) atoms. The molecule has 1 unspecified atom stereocenters. The molecule has 0 fully saturated rings. The molecule has 4 rings (SSSR count). The van der Waals surface area contributed by atoms with Gasteiger partial charge in [-0.1, -0.05) is 29.3 Å². The van der Waals surface area contributed by atoms with E-state index in [-0.39, 0.29) is 26.3 Å². The van der Waals surface area contributed by atoms with Gasteiger partial charge in [-0.25, -0.2) is 18.2 Å². The minimum Gasteiger partial charge on any atom is -0.457 e. The van der Waals surface area contributed by atoms with E-state index in [0.717, 1.165) is 6.26 Å². The Bertz CT molecular complexity index is 1690. The van der Waals surface area contributed by atoms with Gasteiger partial charge in [0.1, 0.15) is 17.3 Å². The Balaban J connectivity index is 1.74. The number of carbonyl (C=O) groups excluding carboxylic acids is 1. The number of benzene rings is 3. The standard InChI is InChI=1S/C27H23Cl2F3N2O5S2/c1-26(2,41(3,36)37)16-4-9-22-15(10-16)11-23(40(22)39-25(35)27(30,31)32)24(33)34-19-12-18(29)13-21(14-19)38-20-7-5-17(28)6-8-20/h4-14,40H,1-3H3,(H2,33,34). The first-order valence-corrected chi connectivity index (χ1v) is 15.6. The summed E-state index contributed by atoms with van der Waals surface area (Å²) in [5.41, 5.74) is 7.22. The highest BCUT2D eigenvalue weighted by Gasteiger charge is 2.44. The summed E-state index contributed by atoms with van der Waals surface area (Å²) < 4.78 is 73.6. The fourth-order valence-corrected chi connectivity index (χ4v) is 6.41. The Hall–Kier alpha value is -3.19. The van der Waals surface area contributed by atoms with Crippen LogP contribution in [-0.2, 0) is 23.6 Å². The number of ether oxygens (including phenoxy) is 1. The van der Waals surface area contributed by atoms with E-state index in [1.54, 1.807) is 24.3 Å². The normalized spacial score (nSPS) is 16.6. The molecule has 2 N–H and O–H groups in total. The average Bonchev–Trinajstić information content (AvgIpc) is 3.21. The van der Waals surface area contributed by atoms with Crippen LogP contribution in [0.25, 0.3) is 6.08 Å². The average molecular weight is 648 g/mol. The summed E-state index contributed by atoms with van der Waals surface area (Å²) in [6.07, 6.45) is -2.73. The van der Waals surface area contributed by atoms with Crippen LogP contribution >= 0.6 is 34.4 Å². The molecule has 3 aromatic carbocycles. The van der Waals surface area contributed by atoms with Crippen molar-refractivity contribution in [3.8, 4) is 11.5 Å². The minimum atomic E-state index is -5.25. The number of rotatable bonds is 7. The SMILES string of the molecule is CC(C)(c1ccc2c(c1)C=C(C(N)=Nc1cc(Cl)cc(Oc3ccc(Cl)cc3)c1)[SH]2OC(=O)C(F)(F)F)S(C)(=O)=O. The maximum atomic E-state index is 13.1. The highest BCUT2D eigenvalue weighted by Crippen LogP contribution is 2.54. The van der Waals surface area contributed by atoms with E-state index in [4.69, 9.17) is 37.9 Å². The molecule has 3 aromatic rings. The van der Waals surface area contributed by atoms with Crippen LogP contribution in [0.3, 0.4) is 0 Å². The highest BCUT2D eigenvalue weighted by atomic mass is 35.5. The lowest BCUT2D eigenvalue weighted by Crippen LogP contribution is -2.28. The first kappa shape index (κ1) is 30.8. The summed E-state index contributed by atoms with van der Waals surface area (Å²) in [5, 5.41) is 0.757. The van der Waals surface area contributed by atoms with Crippen LogP contribution in [0.5, 0.6) is 11.5 Å². The van der Waals surface area contributed by atoms with Crippen LogP contribution < -0.4 is 10.5 Å². The minimum absolute atomic E-state index is 0.0297. The van der Waals surface area contributed by atoms with Crippen molar-refractivity contribution >= 4 is 67.8 Å². The zero-order valence-corrected chi connectivity index (χ0v) is 24.9. The number of halogens is 5. The summed E-state index contributed by atoms with van der Waals surface area (Å²) in [5.74, 6) is -1.86. The molecular formula is C27H23Cl2F3N2O5S2. The number of sulfone groups is 1. The van der Waals surface area contributed by atoms with E-state index in [2.05, 4.69) is 4.99 Å². The second kappa shape index (κ2) is 11.2. The Morgan fingerprint density at radius 2 is 1.61 bits per heavy atom. The van der Waals surface area contributed by atoms with Gasteiger partial charge < -0.3 is 14.7 Å². The molecule has 0 aliphatic carbocycles. The van der Waals surface area contributed by atoms with Gasteiger partial charge in [-0.3, -0.25) is 0 Å². The van der Waals surface area contributed by atoms with Crippen molar-refractivity contribution < 1.29 is 35.3 Å². The summed E-state index contributed by atoms with van der Waals surface area (Å²) in [6.45, 7) is 3.02. The maximum Gasteiger partial charge on any atom is 0.491 e. The van der Waals surface area contributed by atoms with Crippen molar-refractivity contribution in [2.24, 2.45) is 10.7 Å². The van der Waals surface area contributed by atoms with Gasteiger partial charge in [-0.05, 0) is 90.8 Å². The molecule has 1 atom stereocenters. The molecule has 14 heteroatoms. The van der Waals surface area contributed by atoms with Crippen LogP contribution in [0.15, 0.2) is 75.5 Å². The second-order valence-electron chi connectivity index (χ2n) is 9.45. The summed E-state index contributed by atoms with van der Waals surface area (Å²) in [7, 11) is -3.56. The summed E-state index contributed by atoms with van der Waals surface area (Å²) in [6, 6.07) is 15.5. The van der Waals surface area contributed by atoms with Crippen LogP contribution in [0.1, 0.15) is 25.0 Å². The number of fused-ring (bicyclic) bond motifs is 1. The number of thiol groups is 1. The lowest BCUT2D eigenvalue weighted by molar-refractivity contribution is -0.188. The molecule has 0 amide bonds. The van der Waals surface area contributed by atoms with E-state index < -0.39 is 37.9 Å². The number of nitrogens with two attached hydrogens (primary N) is 1. The molecule has 0 bridgehead atoms. The van der Waals surface area contributed by atoms with Gasteiger partial charge in [-0.15, -0.1) is 0 Å². The summed E-state index contributed by atoms with van der Waals surface area (Å²) >= 11 is 9.75. The fourth-order valence-electron chi connectivity index (χ4n) is 3.70. The predicted molar refractivity (Wildman–Crippen MR) is 156 cm³/mol. The summed E-state index contributed by atoms with van der Waals surface area (Å²) in [4.78, 5) is 16.4. The molecule has 7 nitrogen and oxygen atoms in total. The van der Waals surface area contributed by atoms with Gasteiger partial charge in [0, 0.05) is 27.3 Å². The van der Waals surface area contributed by atoms with E-state index >= 15 is 0 Å². The molecule has 0 saturated carbocycles. The second-order valence-corrected chi connectivity index (χ2v) is 14.6. The first-order chi connectivity index (χ1) is 19.0. The van der Waals surface area contributed by atoms with Gasteiger partial charge in [-0.2, -0.15) is 13.2 Å². The van der Waals surface area contributed by atoms with Crippen molar-refractivity contribution in [2.75, 3.05) is 6.26 Å². The molecular weight excluding hydrogens is 624 g/mol. The quantitative estimate of drug-likeness (QED) is 0.156. The Morgan fingerprint density at radius 1 is 0.951 bits per heavy atom. The monoisotopic (exact) mass is 646 g/mol. The van der Waals surface area contributed by atoms with Crippen molar-refractivity contribution in [3.05, 3.63) is 86.7 Å². The third kappa shape index (κ3) is 6.83. The van der Waals surface area contributed by atoms with Crippen LogP contribution in [-0.4, -0.2) is 32.7 Å². The number of amidine groups is 1. The van der Waals surface area contributed by atoms with E-state index in [1.807, 2.05) is 0 Å². The fraction of sp³-hybridized carbons (Fsp3) is 0.185. The Morgan fingerprint density at radius 3 is 2.22 bits per heavy atom. The zero-order chi connectivity index (χ0) is 30.3. The third-order valence-electron chi connectivity index (χ3n) is 6.20. The maximum absolute atomic E-state index is 13.1. The number of aliphatic imine (C=N–C) groups is 1. The van der Waals surface area contributed by atoms with E-state index in [1.165, 1.54) is 56.3 Å². The van der Waals surface area contributed by atoms with Crippen LogP contribution in [0.2, 0.25) is 10.0 Å². The largest absolute Gasteiger partial charge is 0.491 e. The number of hydrogen-bond acceptors (Lipinski definition) is 6. The van der Waals surface area contributed by atoms with Crippen molar-refractivity contribution in [2.45, 2.75) is 29.7 Å². The van der Waals surface area contributed by atoms with Gasteiger partial charge in [0.15, 0.2) is 9.84 Å². The molecule has 1 aliphatic heterocycles. The molecule has 1 heterocycles. The van der Waals surface area contributed by atoms with E-state index in [9.17, 15) is 26.4 Å². The number of alkyl halides is 3. The zero-order valence-electron chi connectivity index (χ0n) is 21.7. The van der Waals surface area contributed by atoms with Crippen molar-refractivity contribution in [3.63, 3.8) is 0 Å². The molecule has 218 valence electrons. The number of hydrogen-bond donors (Lipinski definition) is 2. The van der Waals surface area contributed by atoms with E-state index in [0.29, 0.717) is 27.6 Å². The van der Waals surface area contributed by atoms with Crippen LogP contribution in [0.4, 0.5) is 18.9 Å². The van der Waals surface area contributed by atoms with Crippen LogP contribution in [0, 0.1) is 0 Å². The molecule has 0 spiro atoms. The van der Waals surface area contributed by atoms with Crippen molar-refractivity contribution in [1.29, 1.82) is 0 Å². The number of nitrogens with zero attached hydrogens (tertiary/aromatic N) is 1. The number of carbonyl (C=O) groups is 1. The van der Waals surface area contributed by atoms with Gasteiger partial charge >= 0.3 is 12.1 Å². The molecule has 0 aromatic heterocycles. The highest BCUT2D eigenvalue weighted by molar-refractivity contribution is 8.18. The lowest BCUT2D eigenvalue weighted by atomic mass is 10.00. The topological polar surface area (TPSA) is 108 Å². The Kier molecular flexibility index (Phi) is 8.43. The van der Waals surface area contributed by atoms with Gasteiger partial charge in [0.2, 0.25) is 0 Å². The molecule has 1 aliphatic rings.